The van der Waals surface area contributed by atoms with E-state index in [4.69, 9.17) is 4.98 Å². The van der Waals surface area contributed by atoms with Gasteiger partial charge in [-0.2, -0.15) is 4.98 Å². The van der Waals surface area contributed by atoms with Crippen molar-refractivity contribution in [3.63, 3.8) is 0 Å². The zero-order chi connectivity index (χ0) is 13.5. The van der Waals surface area contributed by atoms with E-state index in [1.165, 1.54) is 6.42 Å². The quantitative estimate of drug-likeness (QED) is 0.587. The molecule has 0 bridgehead atoms. The number of hydrogen-bond donors (Lipinski definition) is 0. The third-order valence-electron chi connectivity index (χ3n) is 4.01. The number of nitrogens with zero attached hydrogens (tertiary/aromatic N) is 3. The molecule has 0 radical (unpaired) electrons. The molecule has 0 fully saturated rings. The molecule has 3 heterocycles. The average molecular weight is 265 g/mol. The standard InChI is InChI=1S/C16H15N3O/c20-16-12-10-11-6-3-4-7-13(11)17-15(12)19-9-5-1-2-8-14(19)18-16/h3-4,6-7,10H,1-2,5,8-9H2. The molecule has 0 aliphatic carbocycles. The fourth-order valence-electron chi connectivity index (χ4n) is 2.98. The highest BCUT2D eigenvalue weighted by Crippen LogP contribution is 2.20. The van der Waals surface area contributed by atoms with Gasteiger partial charge in [0, 0.05) is 18.4 Å². The summed E-state index contributed by atoms with van der Waals surface area (Å²) in [6.07, 6.45) is 4.29. The van der Waals surface area contributed by atoms with E-state index < -0.39 is 0 Å². The summed E-state index contributed by atoms with van der Waals surface area (Å²) in [6, 6.07) is 9.83. The van der Waals surface area contributed by atoms with Gasteiger partial charge >= 0.3 is 0 Å². The Morgan fingerprint density at radius 3 is 2.90 bits per heavy atom. The number of benzene rings is 1. The van der Waals surface area contributed by atoms with Gasteiger partial charge in [-0.3, -0.25) is 4.79 Å². The largest absolute Gasteiger partial charge is 0.314 e. The van der Waals surface area contributed by atoms with Gasteiger partial charge in [-0.25, -0.2) is 4.98 Å². The fourth-order valence-corrected chi connectivity index (χ4v) is 2.98. The minimum atomic E-state index is -0.147. The van der Waals surface area contributed by atoms with Crippen molar-refractivity contribution in [2.75, 3.05) is 0 Å². The van der Waals surface area contributed by atoms with Crippen molar-refractivity contribution in [1.82, 2.24) is 14.5 Å². The molecule has 0 amide bonds. The highest BCUT2D eigenvalue weighted by Gasteiger charge is 2.14. The molecule has 1 aromatic carbocycles. The van der Waals surface area contributed by atoms with Crippen molar-refractivity contribution < 1.29 is 0 Å². The third-order valence-corrected chi connectivity index (χ3v) is 4.01. The zero-order valence-electron chi connectivity index (χ0n) is 11.2. The lowest BCUT2D eigenvalue weighted by atomic mass is 10.2. The summed E-state index contributed by atoms with van der Waals surface area (Å²) < 4.78 is 2.14. The van der Waals surface area contributed by atoms with Crippen LogP contribution in [0.2, 0.25) is 0 Å². The molecule has 4 heteroatoms. The molecule has 4 nitrogen and oxygen atoms in total. The molecule has 0 spiro atoms. The van der Waals surface area contributed by atoms with Crippen molar-refractivity contribution >= 4 is 21.9 Å². The minimum Gasteiger partial charge on any atom is -0.314 e. The molecule has 0 atom stereocenters. The lowest BCUT2D eigenvalue weighted by Gasteiger charge is -2.12. The van der Waals surface area contributed by atoms with Crippen LogP contribution in [-0.2, 0) is 13.0 Å². The molecule has 100 valence electrons. The Bertz CT molecular complexity index is 867. The normalized spacial score (nSPS) is 15.2. The van der Waals surface area contributed by atoms with E-state index in [-0.39, 0.29) is 5.56 Å². The molecule has 20 heavy (non-hydrogen) atoms. The number of fused-ring (bicyclic) bond motifs is 4. The second-order valence-corrected chi connectivity index (χ2v) is 5.35. The summed E-state index contributed by atoms with van der Waals surface area (Å²) in [5, 5.41) is 1.63. The first-order chi connectivity index (χ1) is 9.83. The van der Waals surface area contributed by atoms with Crippen LogP contribution in [0.3, 0.4) is 0 Å². The molecule has 4 rings (SSSR count). The smallest absolute Gasteiger partial charge is 0.282 e. The lowest BCUT2D eigenvalue weighted by molar-refractivity contribution is 0.637. The average Bonchev–Trinajstić information content (AvgIpc) is 2.71. The van der Waals surface area contributed by atoms with Crippen molar-refractivity contribution in [2.24, 2.45) is 0 Å². The molecule has 3 aromatic rings. The molecular formula is C16H15N3O. The number of aryl methyl sites for hydroxylation is 2. The first-order valence-corrected chi connectivity index (χ1v) is 7.12. The van der Waals surface area contributed by atoms with Gasteiger partial charge in [0.25, 0.3) is 5.56 Å². The first-order valence-electron chi connectivity index (χ1n) is 7.12. The number of para-hydroxylation sites is 1. The monoisotopic (exact) mass is 265 g/mol. The summed E-state index contributed by atoms with van der Waals surface area (Å²) in [6.45, 7) is 0.907. The predicted octanol–water partition coefficient (Wildman–Crippen LogP) is 2.67. The van der Waals surface area contributed by atoms with Crippen LogP contribution >= 0.6 is 0 Å². The second-order valence-electron chi connectivity index (χ2n) is 5.35. The van der Waals surface area contributed by atoms with Crippen molar-refractivity contribution in [3.05, 3.63) is 46.5 Å². The Kier molecular flexibility index (Phi) is 2.55. The van der Waals surface area contributed by atoms with Crippen LogP contribution in [0.25, 0.3) is 21.9 Å². The van der Waals surface area contributed by atoms with E-state index >= 15 is 0 Å². The van der Waals surface area contributed by atoms with E-state index in [0.29, 0.717) is 5.39 Å². The summed E-state index contributed by atoms with van der Waals surface area (Å²) in [5.41, 5.74) is 1.58. The van der Waals surface area contributed by atoms with Gasteiger partial charge in [0.15, 0.2) is 0 Å². The van der Waals surface area contributed by atoms with Crippen molar-refractivity contribution in [2.45, 2.75) is 32.2 Å². The van der Waals surface area contributed by atoms with Crippen LogP contribution < -0.4 is 5.56 Å². The van der Waals surface area contributed by atoms with E-state index in [0.717, 1.165) is 48.2 Å². The van der Waals surface area contributed by atoms with Crippen LogP contribution in [-0.4, -0.2) is 14.5 Å². The number of aromatic nitrogens is 3. The molecule has 1 aliphatic heterocycles. The van der Waals surface area contributed by atoms with E-state index in [2.05, 4.69) is 9.55 Å². The maximum atomic E-state index is 12.2. The number of pyridine rings is 1. The van der Waals surface area contributed by atoms with Gasteiger partial charge < -0.3 is 4.57 Å². The molecule has 0 N–H and O–H groups in total. The van der Waals surface area contributed by atoms with Crippen LogP contribution in [0, 0.1) is 0 Å². The van der Waals surface area contributed by atoms with E-state index in [1.54, 1.807) is 0 Å². The van der Waals surface area contributed by atoms with Crippen LogP contribution in [0.4, 0.5) is 0 Å². The van der Waals surface area contributed by atoms with E-state index in [9.17, 15) is 4.79 Å². The molecule has 0 unspecified atom stereocenters. The van der Waals surface area contributed by atoms with Crippen molar-refractivity contribution in [1.29, 1.82) is 0 Å². The second kappa shape index (κ2) is 4.40. The van der Waals surface area contributed by atoms with Gasteiger partial charge in [-0.05, 0) is 25.0 Å². The summed E-state index contributed by atoms with van der Waals surface area (Å²) >= 11 is 0. The Balaban J connectivity index is 2.14. The van der Waals surface area contributed by atoms with E-state index in [1.807, 2.05) is 30.3 Å². The lowest BCUT2D eigenvalue weighted by Crippen LogP contribution is -2.19. The number of rotatable bonds is 0. The maximum absolute atomic E-state index is 12.2. The van der Waals surface area contributed by atoms with Crippen LogP contribution in [0.1, 0.15) is 25.1 Å². The van der Waals surface area contributed by atoms with Crippen LogP contribution in [0.5, 0.6) is 0 Å². The maximum Gasteiger partial charge on any atom is 0.282 e. The van der Waals surface area contributed by atoms with Gasteiger partial charge in [0.05, 0.1) is 10.9 Å². The summed E-state index contributed by atoms with van der Waals surface area (Å²) in [7, 11) is 0. The Hall–Kier alpha value is -2.23. The van der Waals surface area contributed by atoms with Gasteiger partial charge in [0.1, 0.15) is 11.5 Å². The van der Waals surface area contributed by atoms with Crippen LogP contribution in [0.15, 0.2) is 35.1 Å². The van der Waals surface area contributed by atoms with Crippen molar-refractivity contribution in [3.8, 4) is 0 Å². The summed E-state index contributed by atoms with van der Waals surface area (Å²) in [4.78, 5) is 21.2. The predicted molar refractivity (Wildman–Crippen MR) is 78.9 cm³/mol. The van der Waals surface area contributed by atoms with Gasteiger partial charge in [0.2, 0.25) is 0 Å². The molecular weight excluding hydrogens is 250 g/mol. The molecule has 1 aliphatic rings. The number of hydrogen-bond acceptors (Lipinski definition) is 3. The Morgan fingerprint density at radius 1 is 1.05 bits per heavy atom. The highest BCUT2D eigenvalue weighted by atomic mass is 16.1. The summed E-state index contributed by atoms with van der Waals surface area (Å²) in [5.74, 6) is 0.891. The zero-order valence-corrected chi connectivity index (χ0v) is 11.2. The van der Waals surface area contributed by atoms with Gasteiger partial charge in [-0.1, -0.05) is 24.6 Å². The Labute approximate surface area is 116 Å². The fraction of sp³-hybridized carbons (Fsp3) is 0.312. The SMILES string of the molecule is O=c1nc2n(c3nc4ccccc4cc13)CCCCC2. The highest BCUT2D eigenvalue weighted by molar-refractivity contribution is 5.90. The topological polar surface area (TPSA) is 47.8 Å². The minimum absolute atomic E-state index is 0.147. The molecule has 0 saturated carbocycles. The molecule has 2 aromatic heterocycles. The Morgan fingerprint density at radius 2 is 1.95 bits per heavy atom. The third kappa shape index (κ3) is 1.72. The molecule has 0 saturated heterocycles. The van der Waals surface area contributed by atoms with Gasteiger partial charge in [-0.15, -0.1) is 0 Å². The first kappa shape index (κ1) is 11.6.